The van der Waals surface area contributed by atoms with Gasteiger partial charge in [-0.3, -0.25) is 14.9 Å². The summed E-state index contributed by atoms with van der Waals surface area (Å²) in [6, 6.07) is 4.08. The number of anilines is 1. The maximum atomic E-state index is 10.9. The Morgan fingerprint density at radius 1 is 1.62 bits per heavy atom. The average molecular weight is 224 g/mol. The molecule has 1 atom stereocenters. The van der Waals surface area contributed by atoms with E-state index in [9.17, 15) is 14.9 Å². The molecule has 0 spiro atoms. The van der Waals surface area contributed by atoms with E-state index >= 15 is 0 Å². The summed E-state index contributed by atoms with van der Waals surface area (Å²) in [6.45, 7) is 1.71. The summed E-state index contributed by atoms with van der Waals surface area (Å²) in [4.78, 5) is 20.9. The van der Waals surface area contributed by atoms with Gasteiger partial charge >= 0.3 is 5.97 Å². The Morgan fingerprint density at radius 2 is 2.25 bits per heavy atom. The van der Waals surface area contributed by atoms with Gasteiger partial charge in [-0.1, -0.05) is 13.0 Å². The standard InChI is InChI=1S/C10H12N2O4/c1-2-7(10(13)14)6-3-4-8(11)9(5-6)12(15)16/h3-5,7H,2,11H2,1H3,(H,13,14)/t7-/m0/s1. The minimum atomic E-state index is -0.999. The first kappa shape index (κ1) is 12.0. The van der Waals surface area contributed by atoms with Crippen LogP contribution in [0.2, 0.25) is 0 Å². The summed E-state index contributed by atoms with van der Waals surface area (Å²) in [5.41, 5.74) is 5.60. The van der Waals surface area contributed by atoms with Gasteiger partial charge in [0.15, 0.2) is 0 Å². The van der Waals surface area contributed by atoms with Crippen LogP contribution < -0.4 is 5.73 Å². The van der Waals surface area contributed by atoms with Crippen LogP contribution in [0.3, 0.4) is 0 Å². The minimum Gasteiger partial charge on any atom is -0.481 e. The SMILES string of the molecule is CC[C@H](C(=O)O)c1ccc(N)c([N+](=O)[O-])c1. The molecule has 1 rings (SSSR count). The number of aliphatic carboxylic acids is 1. The van der Waals surface area contributed by atoms with Crippen LogP contribution >= 0.6 is 0 Å². The summed E-state index contributed by atoms with van der Waals surface area (Å²) in [5.74, 6) is -1.74. The summed E-state index contributed by atoms with van der Waals surface area (Å²) >= 11 is 0. The lowest BCUT2D eigenvalue weighted by molar-refractivity contribution is -0.384. The highest BCUT2D eigenvalue weighted by Gasteiger charge is 2.21. The van der Waals surface area contributed by atoms with Crippen molar-refractivity contribution >= 4 is 17.3 Å². The van der Waals surface area contributed by atoms with E-state index in [1.165, 1.54) is 18.2 Å². The second kappa shape index (κ2) is 4.61. The van der Waals surface area contributed by atoms with Gasteiger partial charge in [0.25, 0.3) is 5.69 Å². The molecule has 0 saturated heterocycles. The van der Waals surface area contributed by atoms with Gasteiger partial charge in [0, 0.05) is 6.07 Å². The van der Waals surface area contributed by atoms with Crippen LogP contribution in [-0.2, 0) is 4.79 Å². The lowest BCUT2D eigenvalue weighted by Crippen LogP contribution is -2.11. The van der Waals surface area contributed by atoms with Crippen molar-refractivity contribution in [1.29, 1.82) is 0 Å². The zero-order chi connectivity index (χ0) is 12.3. The monoisotopic (exact) mass is 224 g/mol. The van der Waals surface area contributed by atoms with E-state index in [2.05, 4.69) is 0 Å². The molecule has 0 radical (unpaired) electrons. The number of carboxylic acids is 1. The van der Waals surface area contributed by atoms with Crippen molar-refractivity contribution in [3.63, 3.8) is 0 Å². The predicted octanol–water partition coefficient (Wildman–Crippen LogP) is 1.76. The topological polar surface area (TPSA) is 106 Å². The molecule has 6 nitrogen and oxygen atoms in total. The third kappa shape index (κ3) is 2.28. The number of nitrogens with zero attached hydrogens (tertiary/aromatic N) is 1. The Bertz CT molecular complexity index is 431. The Balaban J connectivity index is 3.21. The molecular formula is C10H12N2O4. The van der Waals surface area contributed by atoms with Crippen molar-refractivity contribution in [2.75, 3.05) is 5.73 Å². The Kier molecular flexibility index (Phi) is 3.44. The maximum absolute atomic E-state index is 10.9. The molecule has 0 aliphatic rings. The predicted molar refractivity (Wildman–Crippen MR) is 58.2 cm³/mol. The Labute approximate surface area is 91.8 Å². The van der Waals surface area contributed by atoms with Crippen LogP contribution in [0.4, 0.5) is 11.4 Å². The van der Waals surface area contributed by atoms with E-state index in [1.54, 1.807) is 6.92 Å². The van der Waals surface area contributed by atoms with Crippen LogP contribution in [-0.4, -0.2) is 16.0 Å². The molecule has 0 bridgehead atoms. The van der Waals surface area contributed by atoms with Crippen molar-refractivity contribution in [2.45, 2.75) is 19.3 Å². The van der Waals surface area contributed by atoms with Gasteiger partial charge < -0.3 is 10.8 Å². The summed E-state index contributed by atoms with van der Waals surface area (Å²) in [7, 11) is 0. The van der Waals surface area contributed by atoms with E-state index in [0.717, 1.165) is 0 Å². The highest BCUT2D eigenvalue weighted by Crippen LogP contribution is 2.28. The highest BCUT2D eigenvalue weighted by atomic mass is 16.6. The molecule has 86 valence electrons. The number of carboxylic acid groups (broad SMARTS) is 1. The number of carbonyl (C=O) groups is 1. The van der Waals surface area contributed by atoms with Crippen LogP contribution in [0.15, 0.2) is 18.2 Å². The van der Waals surface area contributed by atoms with Gasteiger partial charge in [0.1, 0.15) is 5.69 Å². The Morgan fingerprint density at radius 3 is 2.69 bits per heavy atom. The fraction of sp³-hybridized carbons (Fsp3) is 0.300. The molecular weight excluding hydrogens is 212 g/mol. The van der Waals surface area contributed by atoms with Crippen LogP contribution in [0.25, 0.3) is 0 Å². The van der Waals surface area contributed by atoms with Crippen LogP contribution in [0.5, 0.6) is 0 Å². The molecule has 0 heterocycles. The zero-order valence-corrected chi connectivity index (χ0v) is 8.71. The van der Waals surface area contributed by atoms with Crippen molar-refractivity contribution < 1.29 is 14.8 Å². The number of hydrogen-bond donors (Lipinski definition) is 2. The van der Waals surface area contributed by atoms with Gasteiger partial charge in [-0.05, 0) is 18.1 Å². The zero-order valence-electron chi connectivity index (χ0n) is 8.71. The van der Waals surface area contributed by atoms with Crippen molar-refractivity contribution in [3.05, 3.63) is 33.9 Å². The van der Waals surface area contributed by atoms with Crippen LogP contribution in [0, 0.1) is 10.1 Å². The number of hydrogen-bond acceptors (Lipinski definition) is 4. The maximum Gasteiger partial charge on any atom is 0.310 e. The highest BCUT2D eigenvalue weighted by molar-refractivity contribution is 5.77. The first-order valence-corrected chi connectivity index (χ1v) is 4.74. The number of nitrogen functional groups attached to an aromatic ring is 1. The number of nitro benzene ring substituents is 1. The summed E-state index contributed by atoms with van der Waals surface area (Å²) in [6.07, 6.45) is 0.371. The molecule has 16 heavy (non-hydrogen) atoms. The van der Waals surface area contributed by atoms with E-state index in [4.69, 9.17) is 10.8 Å². The van der Waals surface area contributed by atoms with Crippen LogP contribution in [0.1, 0.15) is 24.8 Å². The van der Waals surface area contributed by atoms with E-state index in [0.29, 0.717) is 12.0 Å². The van der Waals surface area contributed by atoms with Gasteiger partial charge in [-0.25, -0.2) is 0 Å². The molecule has 0 aliphatic carbocycles. The second-order valence-electron chi connectivity index (χ2n) is 3.37. The molecule has 0 aliphatic heterocycles. The van der Waals surface area contributed by atoms with E-state index < -0.39 is 16.8 Å². The molecule has 1 aromatic rings. The third-order valence-corrected chi connectivity index (χ3v) is 2.36. The molecule has 0 unspecified atom stereocenters. The molecule has 0 saturated carbocycles. The average Bonchev–Trinajstić information content (AvgIpc) is 2.20. The number of nitro groups is 1. The first-order chi connectivity index (χ1) is 7.47. The quantitative estimate of drug-likeness (QED) is 0.460. The minimum absolute atomic E-state index is 0.0361. The molecule has 0 fully saturated rings. The molecule has 3 N–H and O–H groups in total. The lowest BCUT2D eigenvalue weighted by atomic mass is 9.96. The fourth-order valence-corrected chi connectivity index (χ4v) is 1.49. The fourth-order valence-electron chi connectivity index (χ4n) is 1.49. The summed E-state index contributed by atoms with van der Waals surface area (Å²) in [5, 5.41) is 19.6. The lowest BCUT2D eigenvalue weighted by Gasteiger charge is -2.10. The van der Waals surface area contributed by atoms with Gasteiger partial charge in [0.2, 0.25) is 0 Å². The van der Waals surface area contributed by atoms with Crippen molar-refractivity contribution in [2.24, 2.45) is 0 Å². The second-order valence-corrected chi connectivity index (χ2v) is 3.37. The molecule has 0 amide bonds. The molecule has 0 aromatic heterocycles. The van der Waals surface area contributed by atoms with E-state index in [1.807, 2.05) is 0 Å². The number of benzene rings is 1. The smallest absolute Gasteiger partial charge is 0.310 e. The first-order valence-electron chi connectivity index (χ1n) is 4.74. The van der Waals surface area contributed by atoms with E-state index in [-0.39, 0.29) is 11.4 Å². The number of nitrogens with two attached hydrogens (primary N) is 1. The van der Waals surface area contributed by atoms with Gasteiger partial charge in [0.05, 0.1) is 10.8 Å². The third-order valence-electron chi connectivity index (χ3n) is 2.36. The van der Waals surface area contributed by atoms with Gasteiger partial charge in [-0.15, -0.1) is 0 Å². The van der Waals surface area contributed by atoms with Crippen molar-refractivity contribution in [3.8, 4) is 0 Å². The largest absolute Gasteiger partial charge is 0.481 e. The summed E-state index contributed by atoms with van der Waals surface area (Å²) < 4.78 is 0. The number of rotatable bonds is 4. The molecule has 6 heteroatoms. The van der Waals surface area contributed by atoms with Crippen molar-refractivity contribution in [1.82, 2.24) is 0 Å². The normalized spacial score (nSPS) is 12.1. The molecule has 1 aromatic carbocycles. The van der Waals surface area contributed by atoms with Gasteiger partial charge in [-0.2, -0.15) is 0 Å². The Hall–Kier alpha value is -2.11.